The summed E-state index contributed by atoms with van der Waals surface area (Å²) in [6, 6.07) is 26.4. The summed E-state index contributed by atoms with van der Waals surface area (Å²) in [5.41, 5.74) is 2.35. The van der Waals surface area contributed by atoms with Crippen molar-refractivity contribution in [1.29, 1.82) is 0 Å². The molecule has 46 heavy (non-hydrogen) atoms. The second kappa shape index (κ2) is 15.1. The summed E-state index contributed by atoms with van der Waals surface area (Å²) in [5.74, 6) is 0.776. The minimum absolute atomic E-state index is 0.0319. The average Bonchev–Trinajstić information content (AvgIpc) is 3.49. The normalized spacial score (nSPS) is 11.1. The molecule has 10 nitrogen and oxygen atoms in total. The van der Waals surface area contributed by atoms with Crippen LogP contribution in [0.1, 0.15) is 15.9 Å². The maximum atomic E-state index is 13.4. The second-order valence-electron chi connectivity index (χ2n) is 9.66. The number of hydrogen-bond donors (Lipinski definition) is 3. The molecule has 0 unspecified atom stereocenters. The molecular weight excluding hydrogens is 625 g/mol. The third-order valence-corrected chi connectivity index (χ3v) is 8.52. The summed E-state index contributed by atoms with van der Waals surface area (Å²) in [6.45, 7) is 0. The number of nitrogens with zero attached hydrogens (tertiary/aromatic N) is 1. The van der Waals surface area contributed by atoms with Crippen molar-refractivity contribution in [1.82, 2.24) is 10.3 Å². The number of methoxy groups -OCH3 is 3. The lowest BCUT2D eigenvalue weighted by atomic mass is 10.1. The highest BCUT2D eigenvalue weighted by Gasteiger charge is 2.16. The number of thioether (sulfide) groups is 1. The molecule has 1 aromatic heterocycles. The molecule has 0 aliphatic heterocycles. The first-order chi connectivity index (χ1) is 22.3. The number of ether oxygens (including phenoxy) is 3. The highest BCUT2D eigenvalue weighted by molar-refractivity contribution is 8.00. The second-order valence-corrected chi connectivity index (χ2v) is 11.7. The van der Waals surface area contributed by atoms with Gasteiger partial charge in [0.05, 0.1) is 37.3 Å². The van der Waals surface area contributed by atoms with E-state index in [1.165, 1.54) is 37.3 Å². The van der Waals surface area contributed by atoms with Crippen LogP contribution in [0.15, 0.2) is 102 Å². The zero-order valence-corrected chi connectivity index (χ0v) is 26.8. The van der Waals surface area contributed by atoms with Crippen molar-refractivity contribution >= 4 is 67.9 Å². The van der Waals surface area contributed by atoms with E-state index in [9.17, 15) is 14.4 Å². The molecule has 1 heterocycles. The molecule has 234 valence electrons. The molecular formula is C34H30N4O6S2. The van der Waals surface area contributed by atoms with Crippen molar-refractivity contribution in [2.45, 2.75) is 4.90 Å². The van der Waals surface area contributed by atoms with Gasteiger partial charge in [-0.25, -0.2) is 4.98 Å². The van der Waals surface area contributed by atoms with Crippen LogP contribution in [0.5, 0.6) is 17.2 Å². The molecule has 12 heteroatoms. The minimum Gasteiger partial charge on any atom is -0.497 e. The standard InChI is InChI=1S/C34H30N4O6S2/c1-42-24-12-15-26-30(19-24)46-34(37-26)38-31(39)20-45-25-13-10-23(11-14-25)35-33(41)27(36-32(40)22-7-5-4-6-8-22)17-21-9-16-28(43-2)29(18-21)44-3/h4-19H,20H2,1-3H3,(H,35,41)(H,36,40)(H,37,38,39)/b27-17-. The molecule has 0 bridgehead atoms. The van der Waals surface area contributed by atoms with Gasteiger partial charge >= 0.3 is 0 Å². The highest BCUT2D eigenvalue weighted by Crippen LogP contribution is 2.30. The molecule has 5 rings (SSSR count). The van der Waals surface area contributed by atoms with Gasteiger partial charge in [-0.3, -0.25) is 14.4 Å². The Morgan fingerprint density at radius 1 is 0.826 bits per heavy atom. The minimum atomic E-state index is -0.521. The fourth-order valence-electron chi connectivity index (χ4n) is 4.27. The van der Waals surface area contributed by atoms with Crippen LogP contribution < -0.4 is 30.2 Å². The first kappa shape index (κ1) is 32.1. The Balaban J connectivity index is 1.23. The van der Waals surface area contributed by atoms with Crippen molar-refractivity contribution < 1.29 is 28.6 Å². The van der Waals surface area contributed by atoms with Crippen LogP contribution in [0.2, 0.25) is 0 Å². The fraction of sp³-hybridized carbons (Fsp3) is 0.118. The SMILES string of the molecule is COc1ccc2nc(NC(=O)CSc3ccc(NC(=O)/C(=C/c4ccc(OC)c(OC)c4)NC(=O)c4ccccc4)cc3)sc2c1. The van der Waals surface area contributed by atoms with E-state index in [-0.39, 0.29) is 17.4 Å². The van der Waals surface area contributed by atoms with E-state index < -0.39 is 11.8 Å². The molecule has 0 fully saturated rings. The first-order valence-electron chi connectivity index (χ1n) is 13.9. The Morgan fingerprint density at radius 3 is 2.30 bits per heavy atom. The topological polar surface area (TPSA) is 128 Å². The van der Waals surface area contributed by atoms with Gasteiger partial charge in [-0.1, -0.05) is 35.6 Å². The number of carbonyl (C=O) groups excluding carboxylic acids is 3. The summed E-state index contributed by atoms with van der Waals surface area (Å²) in [6.07, 6.45) is 1.56. The lowest BCUT2D eigenvalue weighted by Gasteiger charge is -2.13. The number of aromatic nitrogens is 1. The van der Waals surface area contributed by atoms with Gasteiger partial charge in [0.1, 0.15) is 11.4 Å². The molecule has 0 radical (unpaired) electrons. The number of amides is 3. The Hall–Kier alpha value is -5.33. The zero-order chi connectivity index (χ0) is 32.5. The number of carbonyl (C=O) groups is 3. The van der Waals surface area contributed by atoms with E-state index in [4.69, 9.17) is 14.2 Å². The molecule has 5 aromatic rings. The summed E-state index contributed by atoms with van der Waals surface area (Å²) in [7, 11) is 4.66. The summed E-state index contributed by atoms with van der Waals surface area (Å²) in [4.78, 5) is 44.3. The average molecular weight is 655 g/mol. The quantitative estimate of drug-likeness (QED) is 0.103. The van der Waals surface area contributed by atoms with Crippen LogP contribution in [-0.4, -0.2) is 49.8 Å². The predicted molar refractivity (Wildman–Crippen MR) is 182 cm³/mol. The number of anilines is 2. The third-order valence-electron chi connectivity index (χ3n) is 6.57. The van der Waals surface area contributed by atoms with Gasteiger partial charge in [-0.15, -0.1) is 11.8 Å². The number of fused-ring (bicyclic) bond motifs is 1. The number of thiazole rings is 1. The van der Waals surface area contributed by atoms with Crippen molar-refractivity contribution in [3.63, 3.8) is 0 Å². The predicted octanol–water partition coefficient (Wildman–Crippen LogP) is 6.46. The van der Waals surface area contributed by atoms with Gasteiger partial charge in [0.2, 0.25) is 5.91 Å². The first-order valence-corrected chi connectivity index (χ1v) is 15.7. The molecule has 0 aliphatic rings. The number of hydrogen-bond acceptors (Lipinski definition) is 9. The zero-order valence-electron chi connectivity index (χ0n) is 25.2. The smallest absolute Gasteiger partial charge is 0.272 e. The van der Waals surface area contributed by atoms with Crippen molar-refractivity contribution in [3.8, 4) is 17.2 Å². The summed E-state index contributed by atoms with van der Waals surface area (Å²) >= 11 is 2.73. The monoisotopic (exact) mass is 654 g/mol. The third kappa shape index (κ3) is 8.23. The lowest BCUT2D eigenvalue weighted by molar-refractivity contribution is -0.114. The van der Waals surface area contributed by atoms with Crippen LogP contribution in [0.3, 0.4) is 0 Å². The van der Waals surface area contributed by atoms with Crippen LogP contribution >= 0.6 is 23.1 Å². The van der Waals surface area contributed by atoms with Crippen LogP contribution in [-0.2, 0) is 9.59 Å². The molecule has 0 atom stereocenters. The number of nitrogens with one attached hydrogen (secondary N) is 3. The molecule has 0 aliphatic carbocycles. The molecule has 3 amide bonds. The Bertz CT molecular complexity index is 1890. The lowest BCUT2D eigenvalue weighted by Crippen LogP contribution is -2.30. The van der Waals surface area contributed by atoms with Gasteiger partial charge in [0, 0.05) is 16.1 Å². The Morgan fingerprint density at radius 2 is 1.59 bits per heavy atom. The van der Waals surface area contributed by atoms with E-state index in [2.05, 4.69) is 20.9 Å². The van der Waals surface area contributed by atoms with E-state index in [1.54, 1.807) is 86.0 Å². The maximum Gasteiger partial charge on any atom is 0.272 e. The van der Waals surface area contributed by atoms with Crippen LogP contribution in [0.25, 0.3) is 16.3 Å². The van der Waals surface area contributed by atoms with E-state index in [0.717, 1.165) is 20.9 Å². The van der Waals surface area contributed by atoms with Gasteiger partial charge in [0.25, 0.3) is 11.8 Å². The molecule has 0 saturated carbocycles. The fourth-order valence-corrected chi connectivity index (χ4v) is 5.88. The number of benzene rings is 4. The van der Waals surface area contributed by atoms with E-state index >= 15 is 0 Å². The Kier molecular flexibility index (Phi) is 10.5. The van der Waals surface area contributed by atoms with Crippen LogP contribution in [0, 0.1) is 0 Å². The molecule has 0 saturated heterocycles. The van der Waals surface area contributed by atoms with E-state index in [0.29, 0.717) is 33.4 Å². The number of rotatable bonds is 12. The van der Waals surface area contributed by atoms with Gasteiger partial charge < -0.3 is 30.2 Å². The molecule has 0 spiro atoms. The highest BCUT2D eigenvalue weighted by atomic mass is 32.2. The van der Waals surface area contributed by atoms with Crippen LogP contribution in [0.4, 0.5) is 10.8 Å². The van der Waals surface area contributed by atoms with Crippen molar-refractivity contribution in [2.24, 2.45) is 0 Å². The van der Waals surface area contributed by atoms with E-state index in [1.807, 2.05) is 18.2 Å². The van der Waals surface area contributed by atoms with Crippen molar-refractivity contribution in [2.75, 3.05) is 37.7 Å². The van der Waals surface area contributed by atoms with Crippen molar-refractivity contribution in [3.05, 3.63) is 108 Å². The summed E-state index contributed by atoms with van der Waals surface area (Å²) in [5, 5.41) is 8.92. The Labute approximate surface area is 273 Å². The molecule has 3 N–H and O–H groups in total. The van der Waals surface area contributed by atoms with Gasteiger partial charge in [-0.2, -0.15) is 0 Å². The van der Waals surface area contributed by atoms with Gasteiger partial charge in [-0.05, 0) is 78.4 Å². The summed E-state index contributed by atoms with van der Waals surface area (Å²) < 4.78 is 16.9. The molecule has 4 aromatic carbocycles. The maximum absolute atomic E-state index is 13.4. The largest absolute Gasteiger partial charge is 0.497 e. The van der Waals surface area contributed by atoms with Gasteiger partial charge in [0.15, 0.2) is 16.6 Å².